The van der Waals surface area contributed by atoms with E-state index >= 15 is 0 Å². The van der Waals surface area contributed by atoms with Crippen LogP contribution in [0.4, 0.5) is 0 Å². The first-order valence-electron chi connectivity index (χ1n) is 9.78. The molecule has 30 heavy (non-hydrogen) atoms. The van der Waals surface area contributed by atoms with E-state index in [0.717, 1.165) is 37.8 Å². The Bertz CT molecular complexity index is 1260. The molecule has 2 N–H and O–H groups in total. The highest BCUT2D eigenvalue weighted by Gasteiger charge is 2.39. The van der Waals surface area contributed by atoms with Gasteiger partial charge in [-0.25, -0.2) is 4.79 Å². The average molecular weight is 455 g/mol. The van der Waals surface area contributed by atoms with Crippen LogP contribution in [0.25, 0.3) is 11.0 Å². The van der Waals surface area contributed by atoms with Gasteiger partial charge in [0.15, 0.2) is 0 Å². The maximum Gasteiger partial charge on any atom is 0.323 e. The molecule has 0 fully saturated rings. The summed E-state index contributed by atoms with van der Waals surface area (Å²) in [6.07, 6.45) is 0. The minimum Gasteiger partial charge on any atom is -0.306 e. The Morgan fingerprint density at radius 1 is 0.600 bits per heavy atom. The fraction of sp³-hybridized carbons (Fsp3) is 0.0385. The molecule has 0 saturated carbocycles. The Morgan fingerprint density at radius 2 is 1.00 bits per heavy atom. The number of halogens is 1. The summed E-state index contributed by atoms with van der Waals surface area (Å²) in [5.41, 5.74) is 5.31. The van der Waals surface area contributed by atoms with Gasteiger partial charge in [0, 0.05) is 4.47 Å². The second-order valence-corrected chi connectivity index (χ2v) is 8.16. The van der Waals surface area contributed by atoms with Crippen molar-refractivity contribution in [3.05, 3.63) is 140 Å². The number of fused-ring (bicyclic) bond motifs is 1. The number of hydrogen-bond donors (Lipinski definition) is 2. The third kappa shape index (κ3) is 2.92. The maximum atomic E-state index is 11.9. The molecule has 0 aliphatic carbocycles. The summed E-state index contributed by atoms with van der Waals surface area (Å²) in [7, 11) is 0. The predicted molar refractivity (Wildman–Crippen MR) is 125 cm³/mol. The molecule has 0 atom stereocenters. The van der Waals surface area contributed by atoms with Crippen LogP contribution in [0.2, 0.25) is 0 Å². The van der Waals surface area contributed by atoms with E-state index in [1.54, 1.807) is 0 Å². The molecular weight excluding hydrogens is 436 g/mol. The first-order chi connectivity index (χ1) is 14.7. The highest BCUT2D eigenvalue weighted by atomic mass is 79.9. The predicted octanol–water partition coefficient (Wildman–Crippen LogP) is 6.00. The second-order valence-electron chi connectivity index (χ2n) is 7.30. The minimum absolute atomic E-state index is 0.209. The van der Waals surface area contributed by atoms with E-state index in [4.69, 9.17) is 0 Å². The summed E-state index contributed by atoms with van der Waals surface area (Å²) >= 11 is 3.82. The SMILES string of the molecule is O=c1[nH]c2cc(Br)c(C(c3ccccc3)(c3ccccc3)c3ccccc3)cc2[nH]1. The first-order valence-corrected chi connectivity index (χ1v) is 10.6. The van der Waals surface area contributed by atoms with Crippen molar-refractivity contribution in [1.82, 2.24) is 9.97 Å². The summed E-state index contributed by atoms with van der Waals surface area (Å²) in [5.74, 6) is 0. The zero-order chi connectivity index (χ0) is 20.6. The lowest BCUT2D eigenvalue weighted by molar-refractivity contribution is 0.742. The van der Waals surface area contributed by atoms with Crippen molar-refractivity contribution in [2.75, 3.05) is 0 Å². The van der Waals surface area contributed by atoms with Crippen LogP contribution in [0.15, 0.2) is 112 Å². The quantitative estimate of drug-likeness (QED) is 0.321. The molecule has 4 heteroatoms. The van der Waals surface area contributed by atoms with E-state index in [2.05, 4.69) is 105 Å². The molecule has 146 valence electrons. The normalized spacial score (nSPS) is 11.6. The van der Waals surface area contributed by atoms with E-state index in [0.29, 0.717) is 0 Å². The summed E-state index contributed by atoms with van der Waals surface area (Å²) in [6.45, 7) is 0. The van der Waals surface area contributed by atoms with Gasteiger partial charge in [0.1, 0.15) is 0 Å². The van der Waals surface area contributed by atoms with Crippen molar-refractivity contribution in [2.24, 2.45) is 0 Å². The van der Waals surface area contributed by atoms with Gasteiger partial charge < -0.3 is 9.97 Å². The Balaban J connectivity index is 1.97. The third-order valence-corrected chi connectivity index (χ3v) is 6.28. The van der Waals surface area contributed by atoms with Crippen molar-refractivity contribution >= 4 is 27.0 Å². The summed E-state index contributed by atoms with van der Waals surface area (Å²) in [4.78, 5) is 17.7. The van der Waals surface area contributed by atoms with E-state index in [1.807, 2.05) is 24.3 Å². The van der Waals surface area contributed by atoms with Crippen molar-refractivity contribution < 1.29 is 0 Å². The Morgan fingerprint density at radius 3 is 1.43 bits per heavy atom. The second kappa shape index (κ2) is 7.47. The van der Waals surface area contributed by atoms with Crippen molar-refractivity contribution in [2.45, 2.75) is 5.41 Å². The average Bonchev–Trinajstić information content (AvgIpc) is 3.15. The number of benzene rings is 4. The molecule has 0 saturated heterocycles. The lowest BCUT2D eigenvalue weighted by atomic mass is 9.65. The number of hydrogen-bond acceptors (Lipinski definition) is 1. The van der Waals surface area contributed by atoms with E-state index in [-0.39, 0.29) is 5.69 Å². The molecular formula is C26H19BrN2O. The molecule has 5 rings (SSSR count). The van der Waals surface area contributed by atoms with Crippen LogP contribution in [0.5, 0.6) is 0 Å². The largest absolute Gasteiger partial charge is 0.323 e. The number of H-pyrrole nitrogens is 2. The maximum absolute atomic E-state index is 11.9. The molecule has 0 amide bonds. The Hall–Kier alpha value is -3.37. The van der Waals surface area contributed by atoms with Crippen LogP contribution in [0.1, 0.15) is 22.3 Å². The highest BCUT2D eigenvalue weighted by molar-refractivity contribution is 9.10. The zero-order valence-electron chi connectivity index (χ0n) is 16.1. The molecule has 0 radical (unpaired) electrons. The van der Waals surface area contributed by atoms with Gasteiger partial charge in [0.05, 0.1) is 16.4 Å². The van der Waals surface area contributed by atoms with Crippen molar-refractivity contribution in [3.63, 3.8) is 0 Å². The van der Waals surface area contributed by atoms with Gasteiger partial charge in [-0.2, -0.15) is 0 Å². The molecule has 5 aromatic rings. The van der Waals surface area contributed by atoms with Crippen LogP contribution >= 0.6 is 15.9 Å². The molecule has 0 aliphatic heterocycles. The molecule has 1 aromatic heterocycles. The lowest BCUT2D eigenvalue weighted by Gasteiger charge is -2.37. The number of aromatic amines is 2. The standard InChI is InChI=1S/C26H19BrN2O/c27-22-17-24-23(28-25(30)29-24)16-21(22)26(18-10-4-1-5-11-18,19-12-6-2-7-13-19)20-14-8-3-9-15-20/h1-17H,(H2,28,29,30). The van der Waals surface area contributed by atoms with E-state index in [9.17, 15) is 4.79 Å². The van der Waals surface area contributed by atoms with Gasteiger partial charge in [-0.15, -0.1) is 0 Å². The number of nitrogens with one attached hydrogen (secondary N) is 2. The summed E-state index contributed by atoms with van der Waals surface area (Å²) < 4.78 is 0.932. The molecule has 0 spiro atoms. The van der Waals surface area contributed by atoms with E-state index < -0.39 is 5.41 Å². The fourth-order valence-electron chi connectivity index (χ4n) is 4.37. The van der Waals surface area contributed by atoms with E-state index in [1.165, 1.54) is 0 Å². The molecule has 0 unspecified atom stereocenters. The van der Waals surface area contributed by atoms with Crippen LogP contribution < -0.4 is 5.69 Å². The molecule has 4 aromatic carbocycles. The molecule has 3 nitrogen and oxygen atoms in total. The third-order valence-electron chi connectivity index (χ3n) is 5.63. The monoisotopic (exact) mass is 454 g/mol. The van der Waals surface area contributed by atoms with Crippen LogP contribution in [0, 0.1) is 0 Å². The topological polar surface area (TPSA) is 48.6 Å². The number of imidazole rings is 1. The van der Waals surface area contributed by atoms with Crippen molar-refractivity contribution in [1.29, 1.82) is 0 Å². The molecule has 0 aliphatic rings. The molecule has 1 heterocycles. The summed E-state index contributed by atoms with van der Waals surface area (Å²) in [5, 5.41) is 0. The van der Waals surface area contributed by atoms with Gasteiger partial charge >= 0.3 is 5.69 Å². The lowest BCUT2D eigenvalue weighted by Crippen LogP contribution is -2.31. The summed E-state index contributed by atoms with van der Waals surface area (Å²) in [6, 6.07) is 35.6. The van der Waals surface area contributed by atoms with Gasteiger partial charge in [0.25, 0.3) is 0 Å². The number of aromatic nitrogens is 2. The van der Waals surface area contributed by atoms with Gasteiger partial charge in [-0.05, 0) is 34.4 Å². The smallest absolute Gasteiger partial charge is 0.306 e. The number of rotatable bonds is 4. The van der Waals surface area contributed by atoms with Crippen LogP contribution in [0.3, 0.4) is 0 Å². The van der Waals surface area contributed by atoms with Gasteiger partial charge in [-0.1, -0.05) is 107 Å². The molecule has 0 bridgehead atoms. The van der Waals surface area contributed by atoms with Gasteiger partial charge in [-0.3, -0.25) is 0 Å². The van der Waals surface area contributed by atoms with Crippen LogP contribution in [-0.2, 0) is 5.41 Å². The Kier molecular flexibility index (Phi) is 4.64. The first kappa shape index (κ1) is 18.6. The van der Waals surface area contributed by atoms with Crippen LogP contribution in [-0.4, -0.2) is 9.97 Å². The van der Waals surface area contributed by atoms with Crippen molar-refractivity contribution in [3.8, 4) is 0 Å². The van der Waals surface area contributed by atoms with Gasteiger partial charge in [0.2, 0.25) is 0 Å². The highest BCUT2D eigenvalue weighted by Crippen LogP contribution is 2.48. The minimum atomic E-state index is -0.565. The fourth-order valence-corrected chi connectivity index (χ4v) is 5.02. The Labute approximate surface area is 182 Å². The zero-order valence-corrected chi connectivity index (χ0v) is 17.7.